The van der Waals surface area contributed by atoms with Crippen molar-refractivity contribution in [3.63, 3.8) is 0 Å². The quantitative estimate of drug-likeness (QED) is 0.618. The van der Waals surface area contributed by atoms with Crippen molar-refractivity contribution in [1.82, 2.24) is 24.4 Å². The van der Waals surface area contributed by atoms with Crippen LogP contribution in [0.4, 0.5) is 19.0 Å². The molecule has 0 saturated carbocycles. The van der Waals surface area contributed by atoms with Crippen LogP contribution in [-0.4, -0.2) is 56.5 Å². The van der Waals surface area contributed by atoms with E-state index >= 15 is 0 Å². The lowest BCUT2D eigenvalue weighted by atomic mass is 10.1. The maximum Gasteiger partial charge on any atom is 0.416 e. The first kappa shape index (κ1) is 21.8. The number of anilines is 1. The highest BCUT2D eigenvalue weighted by molar-refractivity contribution is 5.94. The molecular formula is C22H23F3N6O. The van der Waals surface area contributed by atoms with Crippen molar-refractivity contribution in [2.75, 3.05) is 31.1 Å². The Bertz CT molecular complexity index is 1150. The number of carbonyl (C=O) groups excluding carboxylic acids is 1. The van der Waals surface area contributed by atoms with Crippen LogP contribution in [0.5, 0.6) is 0 Å². The van der Waals surface area contributed by atoms with Crippen LogP contribution < -0.4 is 4.90 Å². The molecule has 10 heteroatoms. The highest BCUT2D eigenvalue weighted by Gasteiger charge is 2.32. The fourth-order valence-corrected chi connectivity index (χ4v) is 3.70. The summed E-state index contributed by atoms with van der Waals surface area (Å²) in [6.45, 7) is 7.52. The van der Waals surface area contributed by atoms with Gasteiger partial charge in [0.1, 0.15) is 23.8 Å². The molecule has 0 aliphatic carbocycles. The Kier molecular flexibility index (Phi) is 5.62. The Hall–Kier alpha value is -3.43. The molecule has 0 radical (unpaired) electrons. The van der Waals surface area contributed by atoms with Crippen molar-refractivity contribution in [3.05, 3.63) is 65.0 Å². The number of hydrogen-bond donors (Lipinski definition) is 0. The third-order valence-corrected chi connectivity index (χ3v) is 5.64. The Morgan fingerprint density at radius 2 is 1.66 bits per heavy atom. The summed E-state index contributed by atoms with van der Waals surface area (Å²) in [4.78, 5) is 29.8. The predicted molar refractivity (Wildman–Crippen MR) is 113 cm³/mol. The molecule has 0 atom stereocenters. The highest BCUT2D eigenvalue weighted by atomic mass is 19.4. The molecule has 1 fully saturated rings. The van der Waals surface area contributed by atoms with Gasteiger partial charge in [-0.25, -0.2) is 15.0 Å². The largest absolute Gasteiger partial charge is 0.416 e. The van der Waals surface area contributed by atoms with Crippen LogP contribution in [0.15, 0.2) is 36.7 Å². The lowest BCUT2D eigenvalue weighted by Gasteiger charge is -2.35. The van der Waals surface area contributed by atoms with Crippen molar-refractivity contribution in [2.24, 2.45) is 0 Å². The third-order valence-electron chi connectivity index (χ3n) is 5.64. The van der Waals surface area contributed by atoms with Crippen molar-refractivity contribution < 1.29 is 18.0 Å². The second-order valence-electron chi connectivity index (χ2n) is 7.77. The summed E-state index contributed by atoms with van der Waals surface area (Å²) >= 11 is 0. The lowest BCUT2D eigenvalue weighted by Crippen LogP contribution is -2.49. The van der Waals surface area contributed by atoms with E-state index in [4.69, 9.17) is 0 Å². The minimum atomic E-state index is -4.48. The van der Waals surface area contributed by atoms with Gasteiger partial charge in [-0.3, -0.25) is 9.36 Å². The predicted octanol–water partition coefficient (Wildman–Crippen LogP) is 3.57. The van der Waals surface area contributed by atoms with Crippen molar-refractivity contribution in [3.8, 4) is 5.82 Å². The Balaban J connectivity index is 1.48. The average molecular weight is 444 g/mol. The number of amides is 1. The summed E-state index contributed by atoms with van der Waals surface area (Å²) in [7, 11) is 0. The van der Waals surface area contributed by atoms with E-state index in [1.807, 2.05) is 36.3 Å². The Labute approximate surface area is 183 Å². The standard InChI is InChI=1S/C22H23F3N6O/c1-14-15(2)31(13-26-14)20-12-19(27-16(3)28-20)29-7-9-30(10-8-29)21(32)17-5-4-6-18(11-17)22(23,24)25/h4-6,11-13H,7-10H2,1-3H3. The van der Waals surface area contributed by atoms with E-state index in [0.29, 0.717) is 37.8 Å². The number of nitrogens with zero attached hydrogens (tertiary/aromatic N) is 6. The first-order valence-corrected chi connectivity index (χ1v) is 10.2. The van der Waals surface area contributed by atoms with E-state index in [2.05, 4.69) is 15.0 Å². The Morgan fingerprint density at radius 3 is 2.28 bits per heavy atom. The maximum absolute atomic E-state index is 13.0. The summed E-state index contributed by atoms with van der Waals surface area (Å²) in [5, 5.41) is 0. The zero-order valence-electron chi connectivity index (χ0n) is 18.0. The SMILES string of the molecule is Cc1nc(N2CCN(C(=O)c3cccc(C(F)(F)F)c3)CC2)cc(-n2cnc(C)c2C)n1. The van der Waals surface area contributed by atoms with Crippen LogP contribution >= 0.6 is 0 Å². The monoisotopic (exact) mass is 444 g/mol. The van der Waals surface area contributed by atoms with Gasteiger partial charge in [0, 0.05) is 43.5 Å². The molecular weight excluding hydrogens is 421 g/mol. The number of aromatic nitrogens is 4. The number of carbonyl (C=O) groups is 1. The molecule has 1 amide bonds. The van der Waals surface area contributed by atoms with Crippen molar-refractivity contribution in [1.29, 1.82) is 0 Å². The van der Waals surface area contributed by atoms with Crippen LogP contribution in [0, 0.1) is 20.8 Å². The number of imidazole rings is 1. The zero-order chi connectivity index (χ0) is 23.0. The van der Waals surface area contributed by atoms with Gasteiger partial charge < -0.3 is 9.80 Å². The van der Waals surface area contributed by atoms with Crippen LogP contribution in [0.2, 0.25) is 0 Å². The molecule has 4 rings (SSSR count). The summed E-state index contributed by atoms with van der Waals surface area (Å²) in [5.41, 5.74) is 1.13. The molecule has 168 valence electrons. The van der Waals surface area contributed by atoms with Crippen LogP contribution in [-0.2, 0) is 6.18 Å². The van der Waals surface area contributed by atoms with Gasteiger partial charge in [0.25, 0.3) is 5.91 Å². The fraction of sp³-hybridized carbons (Fsp3) is 0.364. The molecule has 1 saturated heterocycles. The normalized spacial score (nSPS) is 14.7. The van der Waals surface area contributed by atoms with Crippen molar-refractivity contribution >= 4 is 11.7 Å². The molecule has 1 aliphatic rings. The number of halogens is 3. The lowest BCUT2D eigenvalue weighted by molar-refractivity contribution is -0.137. The number of aryl methyl sites for hydroxylation is 2. The second kappa shape index (κ2) is 8.25. The molecule has 7 nitrogen and oxygen atoms in total. The summed E-state index contributed by atoms with van der Waals surface area (Å²) in [5.74, 6) is 1.67. The summed E-state index contributed by atoms with van der Waals surface area (Å²) < 4.78 is 40.8. The highest BCUT2D eigenvalue weighted by Crippen LogP contribution is 2.30. The van der Waals surface area contributed by atoms with Gasteiger partial charge in [-0.15, -0.1) is 0 Å². The van der Waals surface area contributed by atoms with E-state index in [-0.39, 0.29) is 5.56 Å². The van der Waals surface area contributed by atoms with E-state index in [0.717, 1.165) is 29.3 Å². The van der Waals surface area contributed by atoms with Gasteiger partial charge in [-0.2, -0.15) is 13.2 Å². The van der Waals surface area contributed by atoms with Gasteiger partial charge in [0.2, 0.25) is 0 Å². The summed E-state index contributed by atoms with van der Waals surface area (Å²) in [6, 6.07) is 6.43. The molecule has 0 spiro atoms. The molecule has 3 aromatic rings. The van der Waals surface area contributed by atoms with Crippen LogP contribution in [0.3, 0.4) is 0 Å². The number of piperazine rings is 1. The minimum absolute atomic E-state index is 0.0411. The molecule has 0 unspecified atom stereocenters. The van der Waals surface area contributed by atoms with Gasteiger partial charge in [-0.05, 0) is 39.0 Å². The number of rotatable bonds is 3. The maximum atomic E-state index is 13.0. The van der Waals surface area contributed by atoms with E-state index < -0.39 is 17.6 Å². The van der Waals surface area contributed by atoms with E-state index in [1.165, 1.54) is 12.1 Å². The smallest absolute Gasteiger partial charge is 0.353 e. The van der Waals surface area contributed by atoms with Gasteiger partial charge in [-0.1, -0.05) is 6.07 Å². The molecule has 0 bridgehead atoms. The van der Waals surface area contributed by atoms with Gasteiger partial charge in [0.05, 0.1) is 11.3 Å². The van der Waals surface area contributed by atoms with E-state index in [9.17, 15) is 18.0 Å². The first-order valence-electron chi connectivity index (χ1n) is 10.2. The topological polar surface area (TPSA) is 67.2 Å². The van der Waals surface area contributed by atoms with Crippen LogP contribution in [0.25, 0.3) is 5.82 Å². The van der Waals surface area contributed by atoms with Crippen molar-refractivity contribution in [2.45, 2.75) is 26.9 Å². The molecule has 1 aromatic carbocycles. The zero-order valence-corrected chi connectivity index (χ0v) is 18.0. The van der Waals surface area contributed by atoms with E-state index in [1.54, 1.807) is 11.2 Å². The number of benzene rings is 1. The fourth-order valence-electron chi connectivity index (χ4n) is 3.70. The van der Waals surface area contributed by atoms with Crippen LogP contribution in [0.1, 0.15) is 33.1 Å². The minimum Gasteiger partial charge on any atom is -0.353 e. The van der Waals surface area contributed by atoms with Gasteiger partial charge >= 0.3 is 6.18 Å². The number of hydrogen-bond acceptors (Lipinski definition) is 5. The summed E-state index contributed by atoms with van der Waals surface area (Å²) in [6.07, 6.45) is -2.76. The molecule has 2 aromatic heterocycles. The molecule has 0 N–H and O–H groups in total. The Morgan fingerprint density at radius 1 is 0.969 bits per heavy atom. The third kappa shape index (κ3) is 4.30. The average Bonchev–Trinajstić information content (AvgIpc) is 3.11. The second-order valence-corrected chi connectivity index (χ2v) is 7.77. The van der Waals surface area contributed by atoms with Gasteiger partial charge in [0.15, 0.2) is 0 Å². The first-order chi connectivity index (χ1) is 15.1. The molecule has 3 heterocycles. The number of alkyl halides is 3. The molecule has 32 heavy (non-hydrogen) atoms. The molecule has 1 aliphatic heterocycles.